The summed E-state index contributed by atoms with van der Waals surface area (Å²) in [6, 6.07) is 13.6. The van der Waals surface area contributed by atoms with Crippen LogP contribution in [0.3, 0.4) is 0 Å². The van der Waals surface area contributed by atoms with Crippen molar-refractivity contribution in [2.75, 3.05) is 26.2 Å². The molecule has 2 aromatic carbocycles. The van der Waals surface area contributed by atoms with Gasteiger partial charge in [-0.15, -0.1) is 0 Å². The first-order valence-corrected chi connectivity index (χ1v) is 8.83. The van der Waals surface area contributed by atoms with Gasteiger partial charge in [-0.2, -0.15) is 0 Å². The van der Waals surface area contributed by atoms with Gasteiger partial charge >= 0.3 is 0 Å². The Morgan fingerprint density at radius 1 is 1.00 bits per heavy atom. The molecule has 0 radical (unpaired) electrons. The van der Waals surface area contributed by atoms with Gasteiger partial charge in [-0.1, -0.05) is 43.3 Å². The van der Waals surface area contributed by atoms with Gasteiger partial charge in [0.2, 0.25) is 0 Å². The Balaban J connectivity index is 1.67. The molecule has 2 aromatic rings. The summed E-state index contributed by atoms with van der Waals surface area (Å²) in [7, 11) is 0. The van der Waals surface area contributed by atoms with E-state index in [-0.39, 0.29) is 0 Å². The normalized spacial score (nSPS) is 28.7. The maximum atomic E-state index is 2.56. The van der Waals surface area contributed by atoms with Gasteiger partial charge in [-0.25, -0.2) is 0 Å². The highest BCUT2D eigenvalue weighted by Crippen LogP contribution is 2.47. The Labute approximate surface area is 132 Å². The van der Waals surface area contributed by atoms with Crippen molar-refractivity contribution in [1.82, 2.24) is 0 Å². The third-order valence-corrected chi connectivity index (χ3v) is 6.52. The second-order valence-electron chi connectivity index (χ2n) is 7.74. The monoisotopic (exact) mass is 290 g/mol. The molecule has 3 aliphatic rings. The van der Waals surface area contributed by atoms with Gasteiger partial charge in [0.05, 0.1) is 19.6 Å². The molecule has 0 N–H and O–H groups in total. The minimum absolute atomic E-state index is 0.678. The predicted octanol–water partition coefficient (Wildman–Crippen LogP) is 4.58. The van der Waals surface area contributed by atoms with Gasteiger partial charge in [0, 0.05) is 18.8 Å². The zero-order valence-electron chi connectivity index (χ0n) is 13.4. The summed E-state index contributed by atoms with van der Waals surface area (Å²) in [4.78, 5) is 0. The Morgan fingerprint density at radius 2 is 1.82 bits per heavy atom. The molecule has 112 valence electrons. The van der Waals surface area contributed by atoms with Crippen molar-refractivity contribution in [1.29, 1.82) is 0 Å². The molecule has 0 saturated carbocycles. The smallest absolute Gasteiger partial charge is 0.101 e. The number of nitrogens with zero attached hydrogens (tertiary/aromatic N) is 1. The van der Waals surface area contributed by atoms with Gasteiger partial charge in [-0.3, -0.25) is 0 Å². The zero-order chi connectivity index (χ0) is 14.7. The number of hydrogen-bond acceptors (Lipinski definition) is 0. The SMILES string of the molecule is C[C@H]1c2ccc3ccccc3c2C=C2C[N+]3(CCCC3)C[C@@H]21. The Bertz CT molecular complexity index is 780. The minimum Gasteiger partial charge on any atom is -0.320 e. The van der Waals surface area contributed by atoms with Crippen LogP contribution in [0.15, 0.2) is 42.0 Å². The van der Waals surface area contributed by atoms with Crippen molar-refractivity contribution in [3.05, 3.63) is 53.1 Å². The van der Waals surface area contributed by atoms with Gasteiger partial charge in [0.25, 0.3) is 0 Å². The van der Waals surface area contributed by atoms with Crippen LogP contribution in [0.1, 0.15) is 36.8 Å². The van der Waals surface area contributed by atoms with Crippen molar-refractivity contribution < 1.29 is 4.48 Å². The minimum atomic E-state index is 0.678. The summed E-state index contributed by atoms with van der Waals surface area (Å²) >= 11 is 0. The van der Waals surface area contributed by atoms with E-state index in [1.807, 2.05) is 0 Å². The highest BCUT2D eigenvalue weighted by molar-refractivity contribution is 5.93. The van der Waals surface area contributed by atoms with Crippen LogP contribution in [0.5, 0.6) is 0 Å². The second-order valence-corrected chi connectivity index (χ2v) is 7.74. The van der Waals surface area contributed by atoms with Crippen LogP contribution in [-0.4, -0.2) is 30.7 Å². The number of fused-ring (bicyclic) bond motifs is 4. The molecule has 1 spiro atoms. The summed E-state index contributed by atoms with van der Waals surface area (Å²) in [5, 5.41) is 2.82. The van der Waals surface area contributed by atoms with E-state index in [1.54, 1.807) is 11.1 Å². The Hall–Kier alpha value is -1.60. The first-order chi connectivity index (χ1) is 10.8. The van der Waals surface area contributed by atoms with Crippen molar-refractivity contribution in [2.45, 2.75) is 25.7 Å². The summed E-state index contributed by atoms with van der Waals surface area (Å²) in [5.74, 6) is 1.46. The summed E-state index contributed by atoms with van der Waals surface area (Å²) in [6.07, 6.45) is 5.43. The molecule has 2 fully saturated rings. The van der Waals surface area contributed by atoms with Crippen molar-refractivity contribution >= 4 is 16.8 Å². The number of hydrogen-bond donors (Lipinski definition) is 0. The maximum absolute atomic E-state index is 2.56. The molecule has 0 unspecified atom stereocenters. The lowest BCUT2D eigenvalue weighted by Gasteiger charge is -2.30. The Kier molecular flexibility index (Phi) is 2.61. The molecular formula is C21H24N+. The molecule has 22 heavy (non-hydrogen) atoms. The average molecular weight is 290 g/mol. The van der Waals surface area contributed by atoms with E-state index >= 15 is 0 Å². The first kappa shape index (κ1) is 12.9. The molecule has 5 rings (SSSR count). The zero-order valence-corrected chi connectivity index (χ0v) is 13.4. The highest BCUT2D eigenvalue weighted by atomic mass is 15.4. The molecular weight excluding hydrogens is 266 g/mol. The van der Waals surface area contributed by atoms with Gasteiger partial charge < -0.3 is 4.48 Å². The number of benzene rings is 2. The van der Waals surface area contributed by atoms with E-state index < -0.39 is 0 Å². The molecule has 2 atom stereocenters. The lowest BCUT2D eigenvalue weighted by atomic mass is 9.76. The highest BCUT2D eigenvalue weighted by Gasteiger charge is 2.47. The van der Waals surface area contributed by atoms with Crippen LogP contribution < -0.4 is 0 Å². The summed E-state index contributed by atoms with van der Waals surface area (Å²) < 4.78 is 1.38. The van der Waals surface area contributed by atoms with Crippen LogP contribution >= 0.6 is 0 Å². The van der Waals surface area contributed by atoms with Crippen LogP contribution in [0.4, 0.5) is 0 Å². The third kappa shape index (κ3) is 1.69. The van der Waals surface area contributed by atoms with Gasteiger partial charge in [0.15, 0.2) is 0 Å². The molecule has 0 amide bonds. The number of quaternary nitrogens is 1. The molecule has 1 nitrogen and oxygen atoms in total. The van der Waals surface area contributed by atoms with Crippen molar-refractivity contribution in [3.8, 4) is 0 Å². The molecule has 2 aliphatic heterocycles. The largest absolute Gasteiger partial charge is 0.320 e. The summed E-state index contributed by atoms with van der Waals surface area (Å²) in [5.41, 5.74) is 4.82. The van der Waals surface area contributed by atoms with Gasteiger partial charge in [-0.05, 0) is 39.5 Å². The maximum Gasteiger partial charge on any atom is 0.101 e. The third-order valence-electron chi connectivity index (χ3n) is 6.52. The van der Waals surface area contributed by atoms with Crippen LogP contribution in [0.2, 0.25) is 0 Å². The van der Waals surface area contributed by atoms with E-state index in [1.165, 1.54) is 59.8 Å². The van der Waals surface area contributed by atoms with E-state index in [2.05, 4.69) is 49.4 Å². The first-order valence-electron chi connectivity index (χ1n) is 8.83. The lowest BCUT2D eigenvalue weighted by molar-refractivity contribution is -0.904. The van der Waals surface area contributed by atoms with E-state index in [0.29, 0.717) is 5.92 Å². The predicted molar refractivity (Wildman–Crippen MR) is 92.8 cm³/mol. The molecule has 2 heterocycles. The molecule has 0 aromatic heterocycles. The van der Waals surface area contributed by atoms with Crippen molar-refractivity contribution in [2.24, 2.45) is 5.92 Å². The molecule has 1 heteroatoms. The fourth-order valence-electron chi connectivity index (χ4n) is 5.36. The Morgan fingerprint density at radius 3 is 2.68 bits per heavy atom. The van der Waals surface area contributed by atoms with E-state index in [9.17, 15) is 0 Å². The van der Waals surface area contributed by atoms with Gasteiger partial charge in [0.1, 0.15) is 6.54 Å². The standard InChI is InChI=1S/C21H24N/c1-15-18-9-8-16-6-2-3-7-19(16)20(18)12-17-13-22(14-21(15)17)10-4-5-11-22/h2-3,6-9,12,15,21H,4-5,10-11,13-14H2,1H3/q+1/t15-,21+/m0/s1. The molecule has 0 bridgehead atoms. The average Bonchev–Trinajstić information content (AvgIpc) is 3.14. The fraction of sp³-hybridized carbons (Fsp3) is 0.429. The lowest BCUT2D eigenvalue weighted by Crippen LogP contribution is -2.43. The van der Waals surface area contributed by atoms with Crippen LogP contribution in [-0.2, 0) is 0 Å². The van der Waals surface area contributed by atoms with Crippen LogP contribution in [0.25, 0.3) is 16.8 Å². The van der Waals surface area contributed by atoms with Crippen LogP contribution in [0, 0.1) is 5.92 Å². The summed E-state index contributed by atoms with van der Waals surface area (Å²) in [6.45, 7) is 8.00. The second kappa shape index (κ2) is 4.45. The molecule has 1 aliphatic carbocycles. The van der Waals surface area contributed by atoms with Crippen molar-refractivity contribution in [3.63, 3.8) is 0 Å². The molecule has 2 saturated heterocycles. The quantitative estimate of drug-likeness (QED) is 0.623. The van der Waals surface area contributed by atoms with E-state index in [0.717, 1.165) is 5.92 Å². The topological polar surface area (TPSA) is 0 Å². The fourth-order valence-corrected chi connectivity index (χ4v) is 5.36. The van der Waals surface area contributed by atoms with E-state index in [4.69, 9.17) is 0 Å². The number of rotatable bonds is 0.